The van der Waals surface area contributed by atoms with Gasteiger partial charge in [0.15, 0.2) is 0 Å². The molecular weight excluding hydrogens is 248 g/mol. The SMILES string of the molecule is N#CCSc1ccccc1C(=O)N1CCCCO1. The van der Waals surface area contributed by atoms with E-state index < -0.39 is 0 Å². The maximum atomic E-state index is 12.3. The molecule has 1 fully saturated rings. The molecule has 4 nitrogen and oxygen atoms in total. The number of rotatable bonds is 3. The van der Waals surface area contributed by atoms with Crippen molar-refractivity contribution in [3.63, 3.8) is 0 Å². The number of hydrogen-bond donors (Lipinski definition) is 0. The lowest BCUT2D eigenvalue weighted by atomic mass is 10.2. The second-order valence-electron chi connectivity index (χ2n) is 3.89. The summed E-state index contributed by atoms with van der Waals surface area (Å²) < 4.78 is 0. The van der Waals surface area contributed by atoms with E-state index in [0.29, 0.717) is 24.5 Å². The molecule has 0 aromatic heterocycles. The summed E-state index contributed by atoms with van der Waals surface area (Å²) in [5.74, 6) is 0.223. The van der Waals surface area contributed by atoms with E-state index in [0.717, 1.165) is 17.7 Å². The number of hydrogen-bond acceptors (Lipinski definition) is 4. The molecule has 0 radical (unpaired) electrons. The Morgan fingerprint density at radius 3 is 3.00 bits per heavy atom. The van der Waals surface area contributed by atoms with Gasteiger partial charge >= 0.3 is 0 Å². The summed E-state index contributed by atoms with van der Waals surface area (Å²) in [6.45, 7) is 1.23. The van der Waals surface area contributed by atoms with Gasteiger partial charge in [0.25, 0.3) is 5.91 Å². The van der Waals surface area contributed by atoms with Crippen molar-refractivity contribution in [1.29, 1.82) is 5.26 Å². The standard InChI is InChI=1S/C13H14N2O2S/c14-7-10-18-12-6-2-1-5-11(12)13(16)15-8-3-4-9-17-15/h1-2,5-6H,3-4,8-10H2. The highest BCUT2D eigenvalue weighted by Crippen LogP contribution is 2.24. The molecule has 1 amide bonds. The zero-order valence-corrected chi connectivity index (χ0v) is 10.8. The summed E-state index contributed by atoms with van der Waals surface area (Å²) in [6, 6.07) is 9.40. The first kappa shape index (κ1) is 12.9. The fourth-order valence-electron chi connectivity index (χ4n) is 1.77. The minimum atomic E-state index is -0.115. The number of thioether (sulfide) groups is 1. The van der Waals surface area contributed by atoms with Crippen molar-refractivity contribution in [1.82, 2.24) is 5.06 Å². The molecule has 1 aliphatic heterocycles. The van der Waals surface area contributed by atoms with Crippen molar-refractivity contribution in [3.8, 4) is 6.07 Å². The Labute approximate surface area is 110 Å². The average Bonchev–Trinajstić information content (AvgIpc) is 2.45. The third kappa shape index (κ3) is 3.03. The number of nitriles is 1. The van der Waals surface area contributed by atoms with Crippen LogP contribution in [0.25, 0.3) is 0 Å². The van der Waals surface area contributed by atoms with Crippen LogP contribution in [-0.4, -0.2) is 29.9 Å². The maximum absolute atomic E-state index is 12.3. The molecule has 1 aromatic carbocycles. The molecule has 94 valence electrons. The Kier molecular flexibility index (Phi) is 4.62. The summed E-state index contributed by atoms with van der Waals surface area (Å²) in [5, 5.41) is 10.0. The maximum Gasteiger partial charge on any atom is 0.278 e. The Bertz CT molecular complexity index is 464. The van der Waals surface area contributed by atoms with Gasteiger partial charge in [0.05, 0.1) is 24.0 Å². The Balaban J connectivity index is 2.15. The van der Waals surface area contributed by atoms with Crippen LogP contribution in [-0.2, 0) is 4.84 Å². The van der Waals surface area contributed by atoms with Gasteiger partial charge in [0, 0.05) is 11.4 Å². The summed E-state index contributed by atoms with van der Waals surface area (Å²) in [4.78, 5) is 18.5. The molecule has 1 aliphatic rings. The quantitative estimate of drug-likeness (QED) is 0.785. The van der Waals surface area contributed by atoms with Gasteiger partial charge in [-0.25, -0.2) is 5.06 Å². The molecule has 0 atom stereocenters. The number of carbonyl (C=O) groups excluding carboxylic acids is 1. The average molecular weight is 262 g/mol. The van der Waals surface area contributed by atoms with Crippen LogP contribution in [0.15, 0.2) is 29.2 Å². The van der Waals surface area contributed by atoms with E-state index in [1.165, 1.54) is 16.8 Å². The lowest BCUT2D eigenvalue weighted by molar-refractivity contribution is -0.144. The fraction of sp³-hybridized carbons (Fsp3) is 0.385. The van der Waals surface area contributed by atoms with Gasteiger partial charge in [-0.05, 0) is 25.0 Å². The van der Waals surface area contributed by atoms with Gasteiger partial charge in [-0.3, -0.25) is 9.63 Å². The first-order chi connectivity index (χ1) is 8.83. The van der Waals surface area contributed by atoms with Gasteiger partial charge < -0.3 is 0 Å². The molecule has 0 aliphatic carbocycles. The third-order valence-electron chi connectivity index (χ3n) is 2.64. The Hall–Kier alpha value is -1.51. The molecule has 1 heterocycles. The number of carbonyl (C=O) groups is 1. The van der Waals surface area contributed by atoms with Crippen LogP contribution in [0, 0.1) is 11.3 Å². The molecule has 5 heteroatoms. The minimum Gasteiger partial charge on any atom is -0.271 e. The first-order valence-electron chi connectivity index (χ1n) is 5.86. The van der Waals surface area contributed by atoms with E-state index in [2.05, 4.69) is 6.07 Å². The molecule has 2 rings (SSSR count). The molecule has 0 saturated carbocycles. The van der Waals surface area contributed by atoms with Crippen LogP contribution in [0.4, 0.5) is 0 Å². The predicted molar refractivity (Wildman–Crippen MR) is 69.0 cm³/mol. The summed E-state index contributed by atoms with van der Waals surface area (Å²) in [6.07, 6.45) is 1.97. The first-order valence-corrected chi connectivity index (χ1v) is 6.85. The van der Waals surface area contributed by atoms with Gasteiger partial charge in [-0.1, -0.05) is 12.1 Å². The van der Waals surface area contributed by atoms with Crippen molar-refractivity contribution in [2.24, 2.45) is 0 Å². The fourth-order valence-corrected chi connectivity index (χ4v) is 2.48. The van der Waals surface area contributed by atoms with Crippen molar-refractivity contribution in [2.75, 3.05) is 18.9 Å². The number of benzene rings is 1. The van der Waals surface area contributed by atoms with Crippen LogP contribution in [0.3, 0.4) is 0 Å². The van der Waals surface area contributed by atoms with Crippen LogP contribution in [0.1, 0.15) is 23.2 Å². The summed E-state index contributed by atoms with van der Waals surface area (Å²) >= 11 is 1.38. The molecule has 1 saturated heterocycles. The zero-order valence-electron chi connectivity index (χ0n) is 9.96. The smallest absolute Gasteiger partial charge is 0.271 e. The lowest BCUT2D eigenvalue weighted by Crippen LogP contribution is -2.35. The van der Waals surface area contributed by atoms with Crippen LogP contribution >= 0.6 is 11.8 Å². The molecule has 0 unspecified atom stereocenters. The molecule has 0 spiro atoms. The third-order valence-corrected chi connectivity index (χ3v) is 3.58. The second kappa shape index (κ2) is 6.43. The Morgan fingerprint density at radius 2 is 2.28 bits per heavy atom. The van der Waals surface area contributed by atoms with Gasteiger partial charge in [-0.15, -0.1) is 11.8 Å². The summed E-state index contributed by atoms with van der Waals surface area (Å²) in [5.41, 5.74) is 0.611. The van der Waals surface area contributed by atoms with Crippen molar-refractivity contribution in [3.05, 3.63) is 29.8 Å². The van der Waals surface area contributed by atoms with Crippen molar-refractivity contribution in [2.45, 2.75) is 17.7 Å². The monoisotopic (exact) mass is 262 g/mol. The zero-order chi connectivity index (χ0) is 12.8. The van der Waals surface area contributed by atoms with Crippen molar-refractivity contribution < 1.29 is 9.63 Å². The molecule has 1 aromatic rings. The molecule has 0 N–H and O–H groups in total. The highest BCUT2D eigenvalue weighted by Gasteiger charge is 2.21. The largest absolute Gasteiger partial charge is 0.278 e. The highest BCUT2D eigenvalue weighted by molar-refractivity contribution is 7.99. The van der Waals surface area contributed by atoms with Gasteiger partial charge in [0.2, 0.25) is 0 Å². The normalized spacial score (nSPS) is 15.2. The van der Waals surface area contributed by atoms with Gasteiger partial charge in [0.1, 0.15) is 0 Å². The van der Waals surface area contributed by atoms with E-state index >= 15 is 0 Å². The van der Waals surface area contributed by atoms with E-state index in [-0.39, 0.29) is 5.91 Å². The molecule has 18 heavy (non-hydrogen) atoms. The van der Waals surface area contributed by atoms with Crippen LogP contribution in [0.2, 0.25) is 0 Å². The van der Waals surface area contributed by atoms with E-state index in [9.17, 15) is 4.79 Å². The van der Waals surface area contributed by atoms with Gasteiger partial charge in [-0.2, -0.15) is 5.26 Å². The molecular formula is C13H14N2O2S. The minimum absolute atomic E-state index is 0.115. The van der Waals surface area contributed by atoms with E-state index in [1.54, 1.807) is 6.07 Å². The van der Waals surface area contributed by atoms with Crippen LogP contribution in [0.5, 0.6) is 0 Å². The molecule has 0 bridgehead atoms. The van der Waals surface area contributed by atoms with E-state index in [1.807, 2.05) is 18.2 Å². The van der Waals surface area contributed by atoms with Crippen molar-refractivity contribution >= 4 is 17.7 Å². The highest BCUT2D eigenvalue weighted by atomic mass is 32.2. The Morgan fingerprint density at radius 1 is 1.44 bits per heavy atom. The van der Waals surface area contributed by atoms with E-state index in [4.69, 9.17) is 10.1 Å². The predicted octanol–water partition coefficient (Wildman–Crippen LogP) is 2.47. The number of amides is 1. The number of nitrogens with zero attached hydrogens (tertiary/aromatic N) is 2. The lowest BCUT2D eigenvalue weighted by Gasteiger charge is -2.26. The summed E-state index contributed by atoms with van der Waals surface area (Å²) in [7, 11) is 0. The van der Waals surface area contributed by atoms with Crippen LogP contribution < -0.4 is 0 Å². The second-order valence-corrected chi connectivity index (χ2v) is 4.91. The number of hydroxylamine groups is 2. The topological polar surface area (TPSA) is 53.3 Å².